The number of nitrogens with zero attached hydrogens (tertiary/aromatic N) is 2. The topological polar surface area (TPSA) is 60.9 Å². The molecule has 1 aliphatic rings. The highest BCUT2D eigenvalue weighted by molar-refractivity contribution is 5.76. The van der Waals surface area contributed by atoms with E-state index in [1.165, 1.54) is 10.2 Å². The molecule has 0 spiro atoms. The summed E-state index contributed by atoms with van der Waals surface area (Å²) >= 11 is 0. The standard InChI is InChI=1S/C14H13N3O/c15-14(18)17-13-8-11(6-7-12(13)9-16-17)10-4-2-1-3-5-10/h1-7,9,11H,8H2,(H2,15,18). The number of rotatable bonds is 1. The van der Waals surface area contributed by atoms with Gasteiger partial charge >= 0.3 is 6.03 Å². The number of amides is 1. The number of carbonyl (C=O) groups excluding carboxylic acids is 1. The SMILES string of the molecule is NC(=O)n1ncc2c1CC(c1ccccc1)C=C2. The summed E-state index contributed by atoms with van der Waals surface area (Å²) in [6.07, 6.45) is 6.57. The van der Waals surface area contributed by atoms with Crippen molar-refractivity contribution in [2.45, 2.75) is 12.3 Å². The van der Waals surface area contributed by atoms with Crippen molar-refractivity contribution in [3.8, 4) is 0 Å². The zero-order valence-corrected chi connectivity index (χ0v) is 9.78. The van der Waals surface area contributed by atoms with Crippen LogP contribution >= 0.6 is 0 Å². The van der Waals surface area contributed by atoms with Crippen LogP contribution in [0.25, 0.3) is 6.08 Å². The maximum absolute atomic E-state index is 11.3. The quantitative estimate of drug-likeness (QED) is 0.829. The molecule has 2 N–H and O–H groups in total. The van der Waals surface area contributed by atoms with Crippen LogP contribution in [0.1, 0.15) is 22.7 Å². The lowest BCUT2D eigenvalue weighted by molar-refractivity contribution is 0.247. The van der Waals surface area contributed by atoms with Crippen LogP contribution in [0, 0.1) is 0 Å². The maximum Gasteiger partial charge on any atom is 0.339 e. The van der Waals surface area contributed by atoms with Crippen molar-refractivity contribution in [2.75, 3.05) is 0 Å². The second-order valence-electron chi connectivity index (χ2n) is 4.38. The van der Waals surface area contributed by atoms with Crippen molar-refractivity contribution < 1.29 is 4.79 Å². The predicted molar refractivity (Wildman–Crippen MR) is 69.1 cm³/mol. The summed E-state index contributed by atoms with van der Waals surface area (Å²) in [5.74, 6) is 0.272. The molecule has 1 heterocycles. The van der Waals surface area contributed by atoms with Gasteiger partial charge < -0.3 is 5.73 Å². The highest BCUT2D eigenvalue weighted by Gasteiger charge is 2.21. The van der Waals surface area contributed by atoms with E-state index in [-0.39, 0.29) is 5.92 Å². The fraction of sp³-hybridized carbons (Fsp3) is 0.143. The minimum absolute atomic E-state index is 0.272. The van der Waals surface area contributed by atoms with Crippen molar-refractivity contribution in [1.29, 1.82) is 0 Å². The first-order valence-corrected chi connectivity index (χ1v) is 5.85. The summed E-state index contributed by atoms with van der Waals surface area (Å²) in [6, 6.07) is 9.68. The minimum atomic E-state index is -0.529. The van der Waals surface area contributed by atoms with E-state index >= 15 is 0 Å². The predicted octanol–water partition coefficient (Wildman–Crippen LogP) is 2.16. The largest absolute Gasteiger partial charge is 0.350 e. The molecular formula is C14H13N3O. The lowest BCUT2D eigenvalue weighted by Gasteiger charge is -2.18. The molecule has 1 aromatic carbocycles. The second kappa shape index (κ2) is 4.14. The van der Waals surface area contributed by atoms with Gasteiger partial charge in [-0.15, -0.1) is 0 Å². The Morgan fingerprint density at radius 3 is 2.83 bits per heavy atom. The van der Waals surface area contributed by atoms with Crippen molar-refractivity contribution in [3.63, 3.8) is 0 Å². The third-order valence-electron chi connectivity index (χ3n) is 3.26. The van der Waals surface area contributed by atoms with Crippen LogP contribution in [-0.4, -0.2) is 15.8 Å². The molecule has 0 aliphatic heterocycles. The third kappa shape index (κ3) is 1.72. The van der Waals surface area contributed by atoms with Gasteiger partial charge in [0.15, 0.2) is 0 Å². The number of fused-ring (bicyclic) bond motifs is 1. The smallest absolute Gasteiger partial charge is 0.339 e. The van der Waals surface area contributed by atoms with E-state index in [9.17, 15) is 4.79 Å². The number of hydrogen-bond donors (Lipinski definition) is 1. The molecule has 0 saturated carbocycles. The molecule has 1 atom stereocenters. The van der Waals surface area contributed by atoms with E-state index in [0.717, 1.165) is 17.7 Å². The van der Waals surface area contributed by atoms with Gasteiger partial charge in [0, 0.05) is 17.9 Å². The van der Waals surface area contributed by atoms with Crippen molar-refractivity contribution in [3.05, 3.63) is 59.4 Å². The van der Waals surface area contributed by atoms with E-state index < -0.39 is 6.03 Å². The van der Waals surface area contributed by atoms with Crippen LogP contribution in [0.2, 0.25) is 0 Å². The highest BCUT2D eigenvalue weighted by Crippen LogP contribution is 2.29. The molecule has 4 nitrogen and oxygen atoms in total. The van der Waals surface area contributed by atoms with Gasteiger partial charge in [0.25, 0.3) is 0 Å². The first-order chi connectivity index (χ1) is 8.75. The molecule has 1 amide bonds. The molecule has 0 radical (unpaired) electrons. The summed E-state index contributed by atoms with van der Waals surface area (Å²) in [5.41, 5.74) is 8.40. The van der Waals surface area contributed by atoms with Crippen LogP contribution in [0.15, 0.2) is 42.6 Å². The fourth-order valence-electron chi connectivity index (χ4n) is 2.35. The molecule has 1 aliphatic carbocycles. The molecule has 0 fully saturated rings. The zero-order chi connectivity index (χ0) is 12.5. The Kier molecular flexibility index (Phi) is 2.48. The van der Waals surface area contributed by atoms with Crippen molar-refractivity contribution in [2.24, 2.45) is 5.73 Å². The Morgan fingerprint density at radius 2 is 2.11 bits per heavy atom. The minimum Gasteiger partial charge on any atom is -0.350 e. The first-order valence-electron chi connectivity index (χ1n) is 5.85. The van der Waals surface area contributed by atoms with E-state index in [0.29, 0.717) is 0 Å². The number of allylic oxidation sites excluding steroid dienone is 1. The molecular weight excluding hydrogens is 226 g/mol. The van der Waals surface area contributed by atoms with Gasteiger partial charge in [-0.1, -0.05) is 42.5 Å². The van der Waals surface area contributed by atoms with Gasteiger partial charge in [-0.05, 0) is 5.56 Å². The van der Waals surface area contributed by atoms with E-state index in [2.05, 4.69) is 23.3 Å². The van der Waals surface area contributed by atoms with Gasteiger partial charge in [-0.3, -0.25) is 0 Å². The molecule has 0 bridgehead atoms. The average molecular weight is 239 g/mol. The highest BCUT2D eigenvalue weighted by atomic mass is 16.2. The van der Waals surface area contributed by atoms with Gasteiger partial charge in [-0.25, -0.2) is 4.79 Å². The van der Waals surface area contributed by atoms with E-state index in [1.54, 1.807) is 6.20 Å². The van der Waals surface area contributed by atoms with E-state index in [1.807, 2.05) is 24.3 Å². The number of carbonyl (C=O) groups is 1. The Balaban J connectivity index is 1.97. The monoisotopic (exact) mass is 239 g/mol. The average Bonchev–Trinajstić information content (AvgIpc) is 2.82. The molecule has 90 valence electrons. The van der Waals surface area contributed by atoms with Gasteiger partial charge in [0.1, 0.15) is 0 Å². The summed E-state index contributed by atoms with van der Waals surface area (Å²) in [6.45, 7) is 0. The maximum atomic E-state index is 11.3. The van der Waals surface area contributed by atoms with Crippen LogP contribution in [-0.2, 0) is 6.42 Å². The van der Waals surface area contributed by atoms with E-state index in [4.69, 9.17) is 5.73 Å². The lowest BCUT2D eigenvalue weighted by Crippen LogP contribution is -2.24. The fourth-order valence-corrected chi connectivity index (χ4v) is 2.35. The number of nitrogens with two attached hydrogens (primary N) is 1. The molecule has 18 heavy (non-hydrogen) atoms. The Bertz CT molecular complexity index is 613. The number of primary amides is 1. The molecule has 4 heteroatoms. The van der Waals surface area contributed by atoms with Crippen LogP contribution in [0.5, 0.6) is 0 Å². The number of hydrogen-bond acceptors (Lipinski definition) is 2. The van der Waals surface area contributed by atoms with Crippen molar-refractivity contribution >= 4 is 12.1 Å². The zero-order valence-electron chi connectivity index (χ0n) is 9.78. The molecule has 1 aromatic heterocycles. The first kappa shape index (κ1) is 10.8. The summed E-state index contributed by atoms with van der Waals surface area (Å²) in [4.78, 5) is 11.3. The van der Waals surface area contributed by atoms with Gasteiger partial charge in [-0.2, -0.15) is 9.78 Å². The van der Waals surface area contributed by atoms with Crippen LogP contribution in [0.3, 0.4) is 0 Å². The third-order valence-corrected chi connectivity index (χ3v) is 3.26. The summed E-state index contributed by atoms with van der Waals surface area (Å²) in [7, 11) is 0. The summed E-state index contributed by atoms with van der Waals surface area (Å²) in [5, 5.41) is 4.02. The lowest BCUT2D eigenvalue weighted by atomic mass is 9.88. The molecule has 1 unspecified atom stereocenters. The number of aromatic nitrogens is 2. The van der Waals surface area contributed by atoms with Crippen molar-refractivity contribution in [1.82, 2.24) is 9.78 Å². The Morgan fingerprint density at radius 1 is 1.33 bits per heavy atom. The van der Waals surface area contributed by atoms with Gasteiger partial charge in [0.2, 0.25) is 0 Å². The summed E-state index contributed by atoms with van der Waals surface area (Å²) < 4.78 is 1.29. The number of benzene rings is 1. The Labute approximate surface area is 105 Å². The van der Waals surface area contributed by atoms with Crippen LogP contribution < -0.4 is 5.73 Å². The second-order valence-corrected chi connectivity index (χ2v) is 4.38. The molecule has 2 aromatic rings. The Hall–Kier alpha value is -2.36. The van der Waals surface area contributed by atoms with Crippen LogP contribution in [0.4, 0.5) is 4.79 Å². The van der Waals surface area contributed by atoms with Gasteiger partial charge in [0.05, 0.1) is 11.9 Å². The normalized spacial score (nSPS) is 17.4. The molecule has 0 saturated heterocycles. The molecule has 3 rings (SSSR count).